The van der Waals surface area contributed by atoms with Gasteiger partial charge in [-0.1, -0.05) is 46.0 Å². The summed E-state index contributed by atoms with van der Waals surface area (Å²) in [6.07, 6.45) is 0. The summed E-state index contributed by atoms with van der Waals surface area (Å²) in [5, 5.41) is 7.61. The maximum absolute atomic E-state index is 13.5. The number of thiocarbonyl (C=S) groups is 1. The highest BCUT2D eigenvalue weighted by Gasteiger charge is 2.21. The smallest absolute Gasteiger partial charge is 0.207 e. The van der Waals surface area contributed by atoms with Crippen molar-refractivity contribution in [3.8, 4) is 0 Å². The molecule has 0 radical (unpaired) electrons. The molecule has 0 saturated carbocycles. The van der Waals surface area contributed by atoms with Crippen LogP contribution < -0.4 is 31.9 Å². The van der Waals surface area contributed by atoms with Crippen molar-refractivity contribution in [3.05, 3.63) is 124 Å². The summed E-state index contributed by atoms with van der Waals surface area (Å²) in [7, 11) is 3.47. The van der Waals surface area contributed by atoms with Gasteiger partial charge in [-0.25, -0.2) is 22.5 Å². The first-order chi connectivity index (χ1) is 33.7. The van der Waals surface area contributed by atoms with E-state index in [9.17, 15) is 27.2 Å². The van der Waals surface area contributed by atoms with Crippen LogP contribution in [0.2, 0.25) is 0 Å². The normalized spacial score (nSPS) is 13.9. The van der Waals surface area contributed by atoms with Gasteiger partial charge in [-0.2, -0.15) is 14.9 Å². The molecule has 2 aliphatic heterocycles. The first-order valence-electron chi connectivity index (χ1n) is 22.2. The number of rotatable bonds is 16. The lowest BCUT2D eigenvalue weighted by atomic mass is 10.1. The average molecular weight is 1210 g/mol. The van der Waals surface area contributed by atoms with Gasteiger partial charge in [0.15, 0.2) is 21.2 Å². The Morgan fingerprint density at radius 1 is 0.764 bits per heavy atom. The molecule has 1 unspecified atom stereocenters. The monoisotopic (exact) mass is 1200 g/mol. The molecular weight excluding hydrogens is 1140 g/mol. The van der Waals surface area contributed by atoms with Gasteiger partial charge in [0, 0.05) is 126 Å². The molecule has 24 heteroatoms. The molecule has 2 saturated heterocycles. The van der Waals surface area contributed by atoms with Gasteiger partial charge < -0.3 is 41.4 Å². The molecule has 7 rings (SSSR count). The first-order valence-corrected chi connectivity index (χ1v) is 25.5. The average Bonchev–Trinajstić information content (AvgIpc) is 3.71. The van der Waals surface area contributed by atoms with Crippen LogP contribution in [-0.4, -0.2) is 141 Å². The second-order valence-corrected chi connectivity index (χ2v) is 18.8. The zero-order chi connectivity index (χ0) is 50.6. The number of anilines is 6. The van der Waals surface area contributed by atoms with Crippen LogP contribution in [0.4, 0.5) is 51.3 Å². The predicted octanol–water partition coefficient (Wildman–Crippen LogP) is 9.14. The fourth-order valence-corrected chi connectivity index (χ4v) is 9.04. The fourth-order valence-electron chi connectivity index (χ4n) is 7.12. The van der Waals surface area contributed by atoms with Crippen molar-refractivity contribution in [1.29, 1.82) is 0 Å². The molecule has 392 valence electrons. The van der Waals surface area contributed by atoms with E-state index in [4.69, 9.17) is 33.2 Å². The third-order valence-electron chi connectivity index (χ3n) is 10.7. The Labute approximate surface area is 454 Å². The van der Waals surface area contributed by atoms with E-state index in [0.29, 0.717) is 21.5 Å². The number of thiazole rings is 1. The summed E-state index contributed by atoms with van der Waals surface area (Å²) in [4.78, 5) is 41.6. The van der Waals surface area contributed by atoms with Gasteiger partial charge in [0.1, 0.15) is 34.0 Å². The Morgan fingerprint density at radius 3 is 1.64 bits per heavy atom. The predicted molar refractivity (Wildman–Crippen MR) is 305 cm³/mol. The van der Waals surface area contributed by atoms with Crippen LogP contribution in [0.3, 0.4) is 0 Å². The van der Waals surface area contributed by atoms with Crippen molar-refractivity contribution in [1.82, 2.24) is 14.8 Å². The number of alkyl halides is 1. The minimum absolute atomic E-state index is 0. The highest BCUT2D eigenvalue weighted by atomic mass is 79.9. The summed E-state index contributed by atoms with van der Waals surface area (Å²) in [5.74, 6) is -3.14. The molecule has 1 atom stereocenters. The summed E-state index contributed by atoms with van der Waals surface area (Å²) < 4.78 is 62.3. The minimum Gasteiger partial charge on any atom is -0.383 e. The molecule has 2 fully saturated rings. The number of nitrogens with zero attached hydrogens (tertiary/aromatic N) is 6. The number of Topliss-reactive ketones (excluding diaryl/α,β-unsaturated/α-hetero) is 1. The number of nitrogen functional groups attached to an aromatic ring is 1. The molecule has 72 heavy (non-hydrogen) atoms. The summed E-state index contributed by atoms with van der Waals surface area (Å²) in [5.41, 5.74) is 15.7. The number of nitrogens with two attached hydrogens (primary N) is 2. The number of benzene rings is 4. The van der Waals surface area contributed by atoms with Gasteiger partial charge in [-0.15, -0.1) is 17.0 Å². The number of methoxy groups -OCH3 is 2. The van der Waals surface area contributed by atoms with Crippen molar-refractivity contribution >= 4 is 134 Å². The zero-order valence-electron chi connectivity index (χ0n) is 40.2. The topological polar surface area (TPSA) is 167 Å². The lowest BCUT2D eigenvalue weighted by Crippen LogP contribution is -2.47. The van der Waals surface area contributed by atoms with Crippen LogP contribution in [0.5, 0.6) is 0 Å². The fraction of sp³-hybridized carbons (Fsp3) is 0.354. The van der Waals surface area contributed by atoms with Crippen molar-refractivity contribution in [2.24, 2.45) is 10.7 Å². The van der Waals surface area contributed by atoms with Crippen LogP contribution in [0, 0.1) is 23.3 Å². The van der Waals surface area contributed by atoms with Gasteiger partial charge in [0.05, 0.1) is 18.5 Å². The number of aliphatic imine (C=N–C) groups is 1. The number of aromatic nitrogens is 1. The number of carbonyl (C=O) groups excluding carboxylic acids is 2. The standard InChI is InChI=1S/C23H25F2N5O2S.C17H27N5OS2.C8H5BrF2O.BrH.H3P/c1-32-11-10-29-6-8-30(9-7-29)19-4-2-18(3-5-19)27-23-28-22(26)21(33-23)20(31)15-12-16(24)14-17(25)13-15;1-3-25-16(18)20-17(24)19-14-4-6-15(7-5-14)22-10-8-21(9-11-22)12-13-23-2;9-4-8(12)5-1-6(10)3-7(11)2-5;;/h2-5,12-14H,6-11,26H2,1H3,(H,27,28);4-7H,3,8-13H2,1-2H3,(H3,18,19,20,24);1-3H,4H2;1H;1H3. The lowest BCUT2D eigenvalue weighted by molar-refractivity contribution is 0.102. The summed E-state index contributed by atoms with van der Waals surface area (Å²) in [6.45, 7) is 13.6. The van der Waals surface area contributed by atoms with E-state index in [2.05, 4.69) is 68.3 Å². The van der Waals surface area contributed by atoms with E-state index in [0.717, 1.165) is 143 Å². The van der Waals surface area contributed by atoms with Crippen LogP contribution in [0.25, 0.3) is 0 Å². The zero-order valence-corrected chi connectivity index (χ0v) is 47.3. The largest absolute Gasteiger partial charge is 0.383 e. The number of piperazine rings is 2. The van der Waals surface area contributed by atoms with Crippen LogP contribution in [-0.2, 0) is 9.47 Å². The van der Waals surface area contributed by atoms with Crippen molar-refractivity contribution < 1.29 is 36.6 Å². The van der Waals surface area contributed by atoms with Crippen LogP contribution in [0.15, 0.2) is 89.9 Å². The third-order valence-corrected chi connectivity index (χ3v) is 13.1. The Bertz CT molecular complexity index is 2480. The maximum atomic E-state index is 13.5. The van der Waals surface area contributed by atoms with E-state index in [1.165, 1.54) is 17.4 Å². The van der Waals surface area contributed by atoms with Crippen molar-refractivity contribution in [3.63, 3.8) is 0 Å². The molecule has 0 bridgehead atoms. The minimum atomic E-state index is -0.823. The number of halogens is 6. The van der Waals surface area contributed by atoms with Crippen LogP contribution >= 0.6 is 78.1 Å². The van der Waals surface area contributed by atoms with Crippen LogP contribution in [0.1, 0.15) is 32.5 Å². The molecule has 0 amide bonds. The van der Waals surface area contributed by atoms with Gasteiger partial charge in [0.2, 0.25) is 5.78 Å². The Kier molecular flexibility index (Phi) is 27.7. The molecule has 0 spiro atoms. The Balaban J connectivity index is 0.000000310. The quantitative estimate of drug-likeness (QED) is 0.0140. The van der Waals surface area contributed by atoms with E-state index >= 15 is 0 Å². The Hall–Kier alpha value is -4.29. The second-order valence-electron chi connectivity index (χ2n) is 15.6. The van der Waals surface area contributed by atoms with Gasteiger partial charge in [-0.05, 0) is 90.8 Å². The highest BCUT2D eigenvalue weighted by Crippen LogP contribution is 2.31. The van der Waals surface area contributed by atoms with Gasteiger partial charge in [-0.3, -0.25) is 19.4 Å². The highest BCUT2D eigenvalue weighted by molar-refractivity contribution is 9.09. The molecule has 1 aromatic heterocycles. The van der Waals surface area contributed by atoms with E-state index in [1.54, 1.807) is 14.2 Å². The maximum Gasteiger partial charge on any atom is 0.207 e. The van der Waals surface area contributed by atoms with Crippen molar-refractivity contribution in [2.45, 2.75) is 6.92 Å². The molecule has 5 aromatic rings. The molecule has 6 N–H and O–H groups in total. The van der Waals surface area contributed by atoms with E-state index in [-0.39, 0.29) is 59.8 Å². The number of thioether (sulfide) groups is 1. The number of ketones is 2. The third kappa shape index (κ3) is 20.2. The van der Waals surface area contributed by atoms with Crippen molar-refractivity contribution in [2.75, 3.05) is 130 Å². The number of amidine groups is 1. The number of ether oxygens (including phenoxy) is 2. The number of hydrogen-bond donors (Lipinski definition) is 4. The number of carbonyl (C=O) groups is 2. The second kappa shape index (κ2) is 32.1. The molecule has 14 nitrogen and oxygen atoms in total. The van der Waals surface area contributed by atoms with Gasteiger partial charge in [0.25, 0.3) is 0 Å². The molecule has 3 heterocycles. The Morgan fingerprint density at radius 2 is 1.21 bits per heavy atom. The molecule has 2 aliphatic rings. The molecule has 0 aliphatic carbocycles. The first kappa shape index (κ1) is 62.0. The van der Waals surface area contributed by atoms with E-state index < -0.39 is 29.1 Å². The van der Waals surface area contributed by atoms with E-state index in [1.807, 2.05) is 43.3 Å². The molecular formula is C48H61Br2F4N10O4PS3. The number of nitrogens with one attached hydrogen (secondary N) is 2. The van der Waals surface area contributed by atoms with Gasteiger partial charge >= 0.3 is 0 Å². The molecule has 4 aromatic carbocycles. The SMILES string of the molecule is Br.CCSC(N)=NC(=S)Nc1ccc(N2CCN(CCOC)CC2)cc1.COCCN1CCN(c2ccc(Nc3nc(N)c(C(=O)c4cc(F)cc(F)c4)s3)cc2)CC1.O=C(CBr)c1cc(F)cc(F)c1.P. The number of hydrogen-bond acceptors (Lipinski definition) is 14. The summed E-state index contributed by atoms with van der Waals surface area (Å²) >= 11 is 10.6. The summed E-state index contributed by atoms with van der Waals surface area (Å²) in [6, 6.07) is 21.6. The lowest BCUT2D eigenvalue weighted by Gasteiger charge is -2.36.